The highest BCUT2D eigenvalue weighted by Crippen LogP contribution is 2.42. The number of imidazole rings is 1. The first kappa shape index (κ1) is 28.8. The zero-order chi connectivity index (χ0) is 27.4. The molecular formula is C20H31N6O10P. The van der Waals surface area contributed by atoms with Crippen LogP contribution in [0.4, 0.5) is 0 Å². The first-order chi connectivity index (χ1) is 17.4. The maximum Gasteiger partial charge on any atom is 0.341 e. The molecule has 16 nitrogen and oxygen atoms in total. The van der Waals surface area contributed by atoms with Crippen LogP contribution in [0.1, 0.15) is 32.8 Å². The SMILES string of the molecule is CCOC(=O)CNP(=O)(NCC(=O)OCC)OC[C@H]1O[C@@H](n2cnc3c(=O)[nH]c(C)nc32)[C@@](C)(O)C1O. The van der Waals surface area contributed by atoms with Crippen LogP contribution < -0.4 is 15.7 Å². The monoisotopic (exact) mass is 546 g/mol. The van der Waals surface area contributed by atoms with Crippen molar-refractivity contribution in [2.24, 2.45) is 0 Å². The van der Waals surface area contributed by atoms with E-state index >= 15 is 0 Å². The molecule has 4 atom stereocenters. The lowest BCUT2D eigenvalue weighted by Crippen LogP contribution is -2.44. The topological polar surface area (TPSA) is 216 Å². The van der Waals surface area contributed by atoms with E-state index < -0.39 is 68.9 Å². The lowest BCUT2D eigenvalue weighted by atomic mass is 9.96. The maximum absolute atomic E-state index is 13.3. The molecule has 2 aromatic rings. The number of carbonyl (C=O) groups excluding carboxylic acids is 2. The quantitative estimate of drug-likeness (QED) is 0.157. The number of nitrogens with one attached hydrogen (secondary N) is 3. The van der Waals surface area contributed by atoms with E-state index in [0.717, 1.165) is 0 Å². The number of esters is 2. The van der Waals surface area contributed by atoms with Crippen molar-refractivity contribution in [3.05, 3.63) is 22.5 Å². The summed E-state index contributed by atoms with van der Waals surface area (Å²) in [5.74, 6) is -1.12. The Labute approximate surface area is 211 Å². The highest BCUT2D eigenvalue weighted by molar-refractivity contribution is 7.54. The summed E-state index contributed by atoms with van der Waals surface area (Å²) in [7, 11) is -4.08. The maximum atomic E-state index is 13.3. The highest BCUT2D eigenvalue weighted by atomic mass is 31.2. The molecule has 206 valence electrons. The summed E-state index contributed by atoms with van der Waals surface area (Å²) in [4.78, 5) is 46.4. The van der Waals surface area contributed by atoms with E-state index in [1.807, 2.05) is 0 Å². The molecule has 5 N–H and O–H groups in total. The Hall–Kier alpha value is -2.72. The van der Waals surface area contributed by atoms with Crippen LogP contribution in [-0.4, -0.2) is 92.4 Å². The van der Waals surface area contributed by atoms with Gasteiger partial charge in [-0.15, -0.1) is 0 Å². The van der Waals surface area contributed by atoms with Crippen LogP contribution in [0.2, 0.25) is 0 Å². The van der Waals surface area contributed by atoms with Gasteiger partial charge in [0, 0.05) is 0 Å². The predicted molar refractivity (Wildman–Crippen MR) is 126 cm³/mol. The molecule has 0 saturated carbocycles. The van der Waals surface area contributed by atoms with Crippen LogP contribution in [0.5, 0.6) is 0 Å². The molecule has 0 aromatic carbocycles. The van der Waals surface area contributed by atoms with Crippen LogP contribution in [0, 0.1) is 6.92 Å². The normalized spacial score (nSPS) is 23.9. The van der Waals surface area contributed by atoms with Crippen LogP contribution in [0.15, 0.2) is 11.1 Å². The molecule has 37 heavy (non-hydrogen) atoms. The molecule has 3 heterocycles. The summed E-state index contributed by atoms with van der Waals surface area (Å²) in [5.41, 5.74) is -2.26. The molecule has 0 spiro atoms. The van der Waals surface area contributed by atoms with Crippen LogP contribution in [0.25, 0.3) is 11.2 Å². The van der Waals surface area contributed by atoms with Crippen LogP contribution in [0.3, 0.4) is 0 Å². The summed E-state index contributed by atoms with van der Waals surface area (Å²) in [6.07, 6.45) is -2.76. The van der Waals surface area contributed by atoms with Crippen LogP contribution >= 0.6 is 7.67 Å². The molecule has 3 rings (SSSR count). The third kappa shape index (κ3) is 6.59. The number of nitrogens with zero attached hydrogens (tertiary/aromatic N) is 3. The fourth-order valence-corrected chi connectivity index (χ4v) is 5.00. The first-order valence-electron chi connectivity index (χ1n) is 11.5. The third-order valence-electron chi connectivity index (χ3n) is 5.45. The minimum absolute atomic E-state index is 0.00928. The summed E-state index contributed by atoms with van der Waals surface area (Å²) >= 11 is 0. The number of aromatic nitrogens is 4. The molecule has 0 bridgehead atoms. The standard InChI is InChI=1S/C20H31N6O10P/c1-5-33-13(27)7-22-37(32,23-8-14(28)34-6-2)35-9-12-16(29)20(4,31)19(36-12)26-10-21-15-17(26)24-11(3)25-18(15)30/h10,12,16,19,29,31H,5-9H2,1-4H3,(H2,22,23,32)(H,24,25,30)/t12-,16?,19-,20+/m1/s1. The van der Waals surface area contributed by atoms with Gasteiger partial charge in [-0.1, -0.05) is 0 Å². The summed E-state index contributed by atoms with van der Waals surface area (Å²) in [6, 6.07) is 0. The van der Waals surface area contributed by atoms with Gasteiger partial charge in [0.2, 0.25) is 0 Å². The lowest BCUT2D eigenvalue weighted by molar-refractivity contribution is -0.142. The zero-order valence-electron chi connectivity index (χ0n) is 20.8. The van der Waals surface area contributed by atoms with Gasteiger partial charge in [0.25, 0.3) is 5.56 Å². The number of hydrogen-bond acceptors (Lipinski definition) is 12. The van der Waals surface area contributed by atoms with Crippen molar-refractivity contribution in [2.45, 2.75) is 51.7 Å². The van der Waals surface area contributed by atoms with Crippen molar-refractivity contribution in [3.63, 3.8) is 0 Å². The smallest absolute Gasteiger partial charge is 0.341 e. The number of rotatable bonds is 12. The Morgan fingerprint density at radius 3 is 2.41 bits per heavy atom. The van der Waals surface area contributed by atoms with Gasteiger partial charge in [-0.2, -0.15) is 0 Å². The van der Waals surface area contributed by atoms with Gasteiger partial charge >= 0.3 is 19.6 Å². The molecule has 0 amide bonds. The van der Waals surface area contributed by atoms with E-state index in [9.17, 15) is 29.2 Å². The molecule has 1 aliphatic heterocycles. The second kappa shape index (κ2) is 11.8. The predicted octanol–water partition coefficient (Wildman–Crippen LogP) is -1.13. The van der Waals surface area contributed by atoms with Crippen molar-refractivity contribution < 1.29 is 43.1 Å². The second-order valence-corrected chi connectivity index (χ2v) is 10.3. The van der Waals surface area contributed by atoms with E-state index in [-0.39, 0.29) is 24.4 Å². The summed E-state index contributed by atoms with van der Waals surface area (Å²) < 4.78 is 35.5. The van der Waals surface area contributed by atoms with Gasteiger partial charge < -0.3 is 33.9 Å². The van der Waals surface area contributed by atoms with Gasteiger partial charge in [0.05, 0.1) is 26.1 Å². The number of aliphatic hydroxyl groups is 2. The van der Waals surface area contributed by atoms with E-state index in [1.165, 1.54) is 17.8 Å². The number of fused-ring (bicyclic) bond motifs is 1. The molecule has 17 heteroatoms. The number of aromatic amines is 1. The Morgan fingerprint density at radius 1 is 1.24 bits per heavy atom. The fourth-order valence-electron chi connectivity index (χ4n) is 3.67. The van der Waals surface area contributed by atoms with Crippen molar-refractivity contribution in [3.8, 4) is 0 Å². The van der Waals surface area contributed by atoms with Crippen molar-refractivity contribution >= 4 is 30.8 Å². The largest absolute Gasteiger partial charge is 0.465 e. The lowest BCUT2D eigenvalue weighted by Gasteiger charge is -2.27. The third-order valence-corrected chi connectivity index (χ3v) is 7.11. The molecule has 2 aromatic heterocycles. The van der Waals surface area contributed by atoms with Crippen molar-refractivity contribution in [1.29, 1.82) is 0 Å². The Morgan fingerprint density at radius 2 is 1.84 bits per heavy atom. The van der Waals surface area contributed by atoms with E-state index in [0.29, 0.717) is 5.82 Å². The van der Waals surface area contributed by atoms with Crippen molar-refractivity contribution in [1.82, 2.24) is 29.7 Å². The highest BCUT2D eigenvalue weighted by Gasteiger charge is 2.54. The minimum Gasteiger partial charge on any atom is -0.465 e. The Bertz CT molecular complexity index is 1200. The zero-order valence-corrected chi connectivity index (χ0v) is 21.7. The van der Waals surface area contributed by atoms with E-state index in [4.69, 9.17) is 18.7 Å². The van der Waals surface area contributed by atoms with Crippen molar-refractivity contribution in [2.75, 3.05) is 32.9 Å². The van der Waals surface area contributed by atoms with Gasteiger partial charge in [-0.25, -0.2) is 20.1 Å². The number of aliphatic hydroxyl groups excluding tert-OH is 1. The minimum atomic E-state index is -4.08. The van der Waals surface area contributed by atoms with E-state index in [2.05, 4.69) is 25.1 Å². The molecule has 0 radical (unpaired) electrons. The molecule has 0 aliphatic carbocycles. The van der Waals surface area contributed by atoms with Gasteiger partial charge in [0.15, 0.2) is 17.4 Å². The number of H-pyrrole nitrogens is 1. The Balaban J connectivity index is 1.77. The number of ether oxygens (including phenoxy) is 3. The van der Waals surface area contributed by atoms with Gasteiger partial charge in [-0.3, -0.25) is 23.5 Å². The average molecular weight is 546 g/mol. The first-order valence-corrected chi connectivity index (χ1v) is 13.1. The molecule has 1 saturated heterocycles. The van der Waals surface area contributed by atoms with Gasteiger partial charge in [-0.05, 0) is 27.7 Å². The molecule has 1 unspecified atom stereocenters. The Kier molecular flexibility index (Phi) is 9.18. The number of aryl methyl sites for hydroxylation is 1. The molecule has 1 fully saturated rings. The number of hydrogen-bond donors (Lipinski definition) is 5. The summed E-state index contributed by atoms with van der Waals surface area (Å²) in [6.45, 7) is 4.75. The average Bonchev–Trinajstić information content (AvgIpc) is 3.34. The molecular weight excluding hydrogens is 515 g/mol. The van der Waals surface area contributed by atoms with Crippen LogP contribution in [-0.2, 0) is 32.9 Å². The second-order valence-electron chi connectivity index (χ2n) is 8.30. The number of carbonyl (C=O) groups is 2. The summed E-state index contributed by atoms with van der Waals surface area (Å²) in [5, 5.41) is 26.6. The molecule has 1 aliphatic rings. The van der Waals surface area contributed by atoms with Gasteiger partial charge in [0.1, 0.15) is 36.7 Å². The van der Waals surface area contributed by atoms with E-state index in [1.54, 1.807) is 20.8 Å². The fraction of sp³-hybridized carbons (Fsp3) is 0.650.